The molecule has 45 heavy (non-hydrogen) atoms. The number of nitro groups is 1. The van der Waals surface area contributed by atoms with Crippen molar-refractivity contribution >= 4 is 34.8 Å². The summed E-state index contributed by atoms with van der Waals surface area (Å²) in [7, 11) is 3.06. The summed E-state index contributed by atoms with van der Waals surface area (Å²) in [5, 5.41) is 17.3. The number of carbonyl (C=O) groups excluding carboxylic acids is 3. The second-order valence-electron chi connectivity index (χ2n) is 10.7. The van der Waals surface area contributed by atoms with Crippen LogP contribution in [0.15, 0.2) is 60.7 Å². The van der Waals surface area contributed by atoms with Gasteiger partial charge in [0.05, 0.1) is 30.5 Å². The van der Waals surface area contributed by atoms with Crippen LogP contribution < -0.4 is 25.0 Å². The van der Waals surface area contributed by atoms with Gasteiger partial charge in [-0.2, -0.15) is 0 Å². The van der Waals surface area contributed by atoms with Crippen molar-refractivity contribution in [3.05, 3.63) is 87.5 Å². The molecular formula is C32H36N6O7. The smallest absolute Gasteiger partial charge is 0.269 e. The Morgan fingerprint density at radius 1 is 0.756 bits per heavy atom. The molecule has 2 aliphatic rings. The second kappa shape index (κ2) is 14.1. The fraction of sp³-hybridized carbons (Fsp3) is 0.344. The van der Waals surface area contributed by atoms with Gasteiger partial charge in [-0.3, -0.25) is 24.5 Å². The predicted molar refractivity (Wildman–Crippen MR) is 169 cm³/mol. The number of carbonyl (C=O) groups is 3. The Morgan fingerprint density at radius 2 is 1.38 bits per heavy atom. The SMILES string of the molecule is COc1ccc(C(=O)N2CCN(c3ccc(C(=O)N4CCCNCC4)cc3NC(=O)c3ccc([N+](=O)[O-])cc3)CC2)cc1OC. The number of piperazine rings is 1. The van der Waals surface area contributed by atoms with Gasteiger partial charge < -0.3 is 34.8 Å². The van der Waals surface area contributed by atoms with Crippen molar-refractivity contribution in [1.29, 1.82) is 0 Å². The van der Waals surface area contributed by atoms with Crippen molar-refractivity contribution in [3.63, 3.8) is 0 Å². The number of rotatable bonds is 8. The molecule has 2 heterocycles. The largest absolute Gasteiger partial charge is 0.493 e. The Balaban J connectivity index is 1.36. The number of ether oxygens (including phenoxy) is 2. The lowest BCUT2D eigenvalue weighted by Crippen LogP contribution is -2.49. The zero-order chi connectivity index (χ0) is 31.9. The molecule has 0 radical (unpaired) electrons. The summed E-state index contributed by atoms with van der Waals surface area (Å²) in [5.41, 5.74) is 2.21. The molecule has 2 fully saturated rings. The summed E-state index contributed by atoms with van der Waals surface area (Å²) < 4.78 is 10.6. The minimum atomic E-state index is -0.525. The van der Waals surface area contributed by atoms with E-state index in [4.69, 9.17) is 9.47 Å². The molecule has 0 bridgehead atoms. The van der Waals surface area contributed by atoms with Gasteiger partial charge in [0.2, 0.25) is 0 Å². The van der Waals surface area contributed by atoms with E-state index < -0.39 is 10.8 Å². The van der Waals surface area contributed by atoms with Gasteiger partial charge in [0, 0.05) is 74.6 Å². The molecule has 13 heteroatoms. The maximum atomic E-state index is 13.4. The molecule has 2 N–H and O–H groups in total. The Labute approximate surface area is 260 Å². The summed E-state index contributed by atoms with van der Waals surface area (Å²) in [5.74, 6) is 0.298. The lowest BCUT2D eigenvalue weighted by Gasteiger charge is -2.37. The van der Waals surface area contributed by atoms with Gasteiger partial charge in [-0.05, 0) is 61.5 Å². The lowest BCUT2D eigenvalue weighted by molar-refractivity contribution is -0.384. The summed E-state index contributed by atoms with van der Waals surface area (Å²) in [4.78, 5) is 56.2. The molecule has 0 atom stereocenters. The molecule has 3 aromatic carbocycles. The number of hydrogen-bond donors (Lipinski definition) is 2. The van der Waals surface area contributed by atoms with Crippen LogP contribution in [0.5, 0.6) is 11.5 Å². The van der Waals surface area contributed by atoms with Crippen molar-refractivity contribution in [1.82, 2.24) is 15.1 Å². The molecule has 2 aliphatic heterocycles. The molecule has 3 aromatic rings. The number of nitro benzene ring substituents is 1. The lowest BCUT2D eigenvalue weighted by atomic mass is 10.1. The molecular weight excluding hydrogens is 580 g/mol. The fourth-order valence-corrected chi connectivity index (χ4v) is 5.51. The van der Waals surface area contributed by atoms with E-state index in [2.05, 4.69) is 15.5 Å². The third kappa shape index (κ3) is 7.15. The third-order valence-corrected chi connectivity index (χ3v) is 8.00. The van der Waals surface area contributed by atoms with Crippen LogP contribution in [0.25, 0.3) is 0 Å². The van der Waals surface area contributed by atoms with E-state index in [9.17, 15) is 24.5 Å². The first-order valence-electron chi connectivity index (χ1n) is 14.7. The molecule has 2 saturated heterocycles. The molecule has 0 aliphatic carbocycles. The highest BCUT2D eigenvalue weighted by atomic mass is 16.6. The number of anilines is 2. The molecule has 3 amide bonds. The Morgan fingerprint density at radius 3 is 2.04 bits per heavy atom. The van der Waals surface area contributed by atoms with Gasteiger partial charge in [0.1, 0.15) is 0 Å². The van der Waals surface area contributed by atoms with Gasteiger partial charge in [0.25, 0.3) is 23.4 Å². The minimum absolute atomic E-state index is 0.118. The van der Waals surface area contributed by atoms with Gasteiger partial charge >= 0.3 is 0 Å². The quantitative estimate of drug-likeness (QED) is 0.288. The molecule has 236 valence electrons. The Bertz CT molecular complexity index is 1560. The summed E-state index contributed by atoms with van der Waals surface area (Å²) in [6, 6.07) is 15.7. The van der Waals surface area contributed by atoms with E-state index >= 15 is 0 Å². The van der Waals surface area contributed by atoms with Crippen LogP contribution >= 0.6 is 0 Å². The van der Waals surface area contributed by atoms with Crippen LogP contribution in [-0.2, 0) is 0 Å². The van der Waals surface area contributed by atoms with E-state index in [0.717, 1.165) is 13.0 Å². The molecule has 5 rings (SSSR count). The Hall–Kier alpha value is -5.17. The summed E-state index contributed by atoms with van der Waals surface area (Å²) >= 11 is 0. The third-order valence-electron chi connectivity index (χ3n) is 8.00. The number of benzene rings is 3. The standard InChI is InChI=1S/C32H36N6O7/c1-44-28-11-7-24(21-29(28)45-2)32(41)37-18-16-35(17-19-37)27-10-6-23(31(40)36-14-3-12-33-13-15-36)20-26(27)34-30(39)22-4-8-25(9-5-22)38(42)43/h4-11,20-21,33H,3,12-19H2,1-2H3,(H,34,39). The summed E-state index contributed by atoms with van der Waals surface area (Å²) in [6.07, 6.45) is 0.847. The van der Waals surface area contributed by atoms with Crippen LogP contribution in [0.1, 0.15) is 37.5 Å². The normalized spacial score (nSPS) is 15.2. The fourth-order valence-electron chi connectivity index (χ4n) is 5.51. The van der Waals surface area contributed by atoms with Crippen molar-refractivity contribution in [3.8, 4) is 11.5 Å². The van der Waals surface area contributed by atoms with E-state index in [-0.39, 0.29) is 23.1 Å². The topological polar surface area (TPSA) is 147 Å². The first-order valence-corrected chi connectivity index (χ1v) is 14.7. The van der Waals surface area contributed by atoms with Crippen LogP contribution in [0.2, 0.25) is 0 Å². The zero-order valence-electron chi connectivity index (χ0n) is 25.3. The molecule has 0 unspecified atom stereocenters. The van der Waals surface area contributed by atoms with Gasteiger partial charge in [-0.15, -0.1) is 0 Å². The molecule has 0 spiro atoms. The maximum absolute atomic E-state index is 13.4. The number of methoxy groups -OCH3 is 2. The van der Waals surface area contributed by atoms with Gasteiger partial charge in [0.15, 0.2) is 11.5 Å². The first kappa shape index (κ1) is 31.3. The number of nitrogens with zero attached hydrogens (tertiary/aromatic N) is 4. The van der Waals surface area contributed by atoms with E-state index in [1.54, 1.807) is 40.1 Å². The van der Waals surface area contributed by atoms with E-state index in [0.29, 0.717) is 79.8 Å². The minimum Gasteiger partial charge on any atom is -0.493 e. The Kier molecular flexibility index (Phi) is 9.78. The maximum Gasteiger partial charge on any atom is 0.269 e. The van der Waals surface area contributed by atoms with Crippen LogP contribution in [0, 0.1) is 10.1 Å². The first-order chi connectivity index (χ1) is 21.8. The predicted octanol–water partition coefficient (Wildman–Crippen LogP) is 3.26. The average Bonchev–Trinajstić information content (AvgIpc) is 3.37. The number of amides is 3. The molecule has 0 saturated carbocycles. The highest BCUT2D eigenvalue weighted by Gasteiger charge is 2.26. The van der Waals surface area contributed by atoms with Crippen LogP contribution in [0.3, 0.4) is 0 Å². The van der Waals surface area contributed by atoms with Crippen molar-refractivity contribution in [2.24, 2.45) is 0 Å². The second-order valence-corrected chi connectivity index (χ2v) is 10.7. The number of nitrogens with one attached hydrogen (secondary N) is 2. The van der Waals surface area contributed by atoms with Crippen molar-refractivity contribution in [2.75, 3.05) is 76.8 Å². The zero-order valence-corrected chi connectivity index (χ0v) is 25.3. The molecule has 13 nitrogen and oxygen atoms in total. The van der Waals surface area contributed by atoms with E-state index in [1.807, 2.05) is 6.07 Å². The molecule has 0 aromatic heterocycles. The summed E-state index contributed by atoms with van der Waals surface area (Å²) in [6.45, 7) is 4.62. The monoisotopic (exact) mass is 616 g/mol. The number of non-ortho nitro benzene ring substituents is 1. The van der Waals surface area contributed by atoms with Crippen molar-refractivity contribution < 1.29 is 28.8 Å². The average molecular weight is 617 g/mol. The van der Waals surface area contributed by atoms with E-state index in [1.165, 1.54) is 38.5 Å². The van der Waals surface area contributed by atoms with Crippen LogP contribution in [0.4, 0.5) is 17.1 Å². The van der Waals surface area contributed by atoms with Crippen molar-refractivity contribution in [2.45, 2.75) is 6.42 Å². The number of hydrogen-bond acceptors (Lipinski definition) is 9. The highest BCUT2D eigenvalue weighted by molar-refractivity contribution is 6.07. The van der Waals surface area contributed by atoms with Gasteiger partial charge in [-0.25, -0.2) is 0 Å². The van der Waals surface area contributed by atoms with Gasteiger partial charge in [-0.1, -0.05) is 0 Å². The highest BCUT2D eigenvalue weighted by Crippen LogP contribution is 2.31. The van der Waals surface area contributed by atoms with Crippen LogP contribution in [-0.4, -0.2) is 99.0 Å².